The third-order valence-corrected chi connectivity index (χ3v) is 7.54. The lowest BCUT2D eigenvalue weighted by Gasteiger charge is -2.30. The van der Waals surface area contributed by atoms with Gasteiger partial charge in [-0.3, -0.25) is 19.7 Å². The lowest BCUT2D eigenvalue weighted by atomic mass is 9.99. The van der Waals surface area contributed by atoms with Gasteiger partial charge in [-0.25, -0.2) is 8.42 Å². The van der Waals surface area contributed by atoms with Crippen LogP contribution in [0.15, 0.2) is 71.6 Å². The monoisotopic (exact) mass is 519 g/mol. The number of carbonyl (C=O) groups is 2. The highest BCUT2D eigenvalue weighted by molar-refractivity contribution is 7.92. The summed E-state index contributed by atoms with van der Waals surface area (Å²) in [5, 5.41) is 10.4. The van der Waals surface area contributed by atoms with E-state index in [1.54, 1.807) is 59.5 Å². The molecule has 0 atom stereocenters. The second-order valence-corrected chi connectivity index (χ2v) is 10.6. The molecule has 4 rings (SSSR count). The number of carbonyl (C=O) groups excluding carboxylic acids is 2. The molecule has 0 radical (unpaired) electrons. The van der Waals surface area contributed by atoms with Crippen molar-refractivity contribution in [3.8, 4) is 0 Å². The maximum Gasteiger partial charge on any atom is 0.261 e. The number of amidine groups is 1. The molecule has 0 fully saturated rings. The van der Waals surface area contributed by atoms with E-state index < -0.39 is 10.0 Å². The topological polar surface area (TPSA) is 145 Å². The lowest BCUT2D eigenvalue weighted by Crippen LogP contribution is -2.35. The van der Waals surface area contributed by atoms with E-state index in [0.717, 1.165) is 29.7 Å². The molecule has 3 aromatic rings. The van der Waals surface area contributed by atoms with Gasteiger partial charge in [-0.2, -0.15) is 0 Å². The van der Waals surface area contributed by atoms with Gasteiger partial charge in [0, 0.05) is 42.5 Å². The van der Waals surface area contributed by atoms with Crippen LogP contribution in [0.2, 0.25) is 0 Å². The van der Waals surface area contributed by atoms with Gasteiger partial charge in [0.05, 0.1) is 4.90 Å². The number of hydrogen-bond acceptors (Lipinski definition) is 5. The molecule has 0 bridgehead atoms. The fourth-order valence-corrected chi connectivity index (χ4v) is 5.45. The van der Waals surface area contributed by atoms with Crippen molar-refractivity contribution < 1.29 is 18.0 Å². The molecule has 2 amide bonds. The van der Waals surface area contributed by atoms with E-state index in [-0.39, 0.29) is 29.0 Å². The zero-order valence-corrected chi connectivity index (χ0v) is 21.3. The van der Waals surface area contributed by atoms with Crippen molar-refractivity contribution in [3.63, 3.8) is 0 Å². The van der Waals surface area contributed by atoms with Crippen molar-refractivity contribution in [2.24, 2.45) is 5.73 Å². The third kappa shape index (κ3) is 6.15. The Hall–Kier alpha value is -4.18. The molecule has 1 heterocycles. The number of fused-ring (bicyclic) bond motifs is 1. The normalized spacial score (nSPS) is 12.9. The Labute approximate surface area is 216 Å². The van der Waals surface area contributed by atoms with Crippen molar-refractivity contribution in [3.05, 3.63) is 83.4 Å². The lowest BCUT2D eigenvalue weighted by molar-refractivity contribution is -0.118. The highest BCUT2D eigenvalue weighted by atomic mass is 32.2. The average molecular weight is 520 g/mol. The number of nitrogens with zero attached hydrogens (tertiary/aromatic N) is 1. The number of hydrogen-bond donors (Lipinski definition) is 4. The summed E-state index contributed by atoms with van der Waals surface area (Å²) in [7, 11) is -3.71. The van der Waals surface area contributed by atoms with Crippen LogP contribution >= 0.6 is 0 Å². The number of amides is 2. The van der Waals surface area contributed by atoms with E-state index in [1.165, 1.54) is 19.1 Å². The van der Waals surface area contributed by atoms with Crippen LogP contribution in [0.5, 0.6) is 0 Å². The van der Waals surface area contributed by atoms with E-state index in [1.807, 2.05) is 0 Å². The summed E-state index contributed by atoms with van der Waals surface area (Å²) in [6.07, 6.45) is 2.11. The third-order valence-electron chi connectivity index (χ3n) is 6.14. The number of rotatable bonds is 8. The molecule has 0 aliphatic carbocycles. The summed E-state index contributed by atoms with van der Waals surface area (Å²) < 4.78 is 28.0. The Bertz CT molecular complexity index is 1450. The second-order valence-electron chi connectivity index (χ2n) is 8.88. The maximum absolute atomic E-state index is 13.2. The quantitative estimate of drug-likeness (QED) is 0.265. The van der Waals surface area contributed by atoms with Gasteiger partial charge in [0.1, 0.15) is 5.84 Å². The predicted octanol–water partition coefficient (Wildman–Crippen LogP) is 3.64. The number of nitrogens with one attached hydrogen (secondary N) is 3. The van der Waals surface area contributed by atoms with Crippen LogP contribution in [0.1, 0.15) is 36.5 Å². The van der Waals surface area contributed by atoms with Crippen molar-refractivity contribution >= 4 is 44.7 Å². The first kappa shape index (κ1) is 25.9. The fraction of sp³-hybridized carbons (Fsp3) is 0.222. The van der Waals surface area contributed by atoms with Crippen LogP contribution in [-0.2, 0) is 32.5 Å². The molecule has 5 N–H and O–H groups in total. The zero-order chi connectivity index (χ0) is 26.6. The number of aryl methyl sites for hydroxylation is 2. The minimum atomic E-state index is -3.71. The molecule has 3 aromatic carbocycles. The molecule has 1 aliphatic rings. The first-order valence-electron chi connectivity index (χ1n) is 11.9. The van der Waals surface area contributed by atoms with Gasteiger partial charge in [0.15, 0.2) is 0 Å². The van der Waals surface area contributed by atoms with E-state index in [9.17, 15) is 18.0 Å². The summed E-state index contributed by atoms with van der Waals surface area (Å²) in [6, 6.07) is 18.5. The smallest absolute Gasteiger partial charge is 0.261 e. The molecule has 0 saturated carbocycles. The SMILES string of the molecule is CC(=O)Nc1cc(C(=N)N)ccc1CCC(=O)N1CCCc2cc(NS(=O)(=O)c3ccccc3)ccc21. The van der Waals surface area contributed by atoms with Crippen LogP contribution in [0.3, 0.4) is 0 Å². The van der Waals surface area contributed by atoms with Crippen LogP contribution < -0.4 is 20.7 Å². The van der Waals surface area contributed by atoms with Gasteiger partial charge in [-0.05, 0) is 66.8 Å². The Kier molecular flexibility index (Phi) is 7.58. The highest BCUT2D eigenvalue weighted by Crippen LogP contribution is 2.31. The Morgan fingerprint density at radius 1 is 1.05 bits per heavy atom. The van der Waals surface area contributed by atoms with Crippen molar-refractivity contribution in [2.45, 2.75) is 37.5 Å². The fourth-order valence-electron chi connectivity index (χ4n) is 4.38. The van der Waals surface area contributed by atoms with Gasteiger partial charge in [0.25, 0.3) is 10.0 Å². The Balaban J connectivity index is 1.49. The molecule has 0 saturated heterocycles. The largest absolute Gasteiger partial charge is 0.384 e. The molecule has 9 nitrogen and oxygen atoms in total. The summed E-state index contributed by atoms with van der Waals surface area (Å²) in [4.78, 5) is 26.8. The number of nitrogens with two attached hydrogens (primary N) is 1. The van der Waals surface area contributed by atoms with Gasteiger partial charge in [0.2, 0.25) is 11.8 Å². The Morgan fingerprint density at radius 2 is 1.81 bits per heavy atom. The highest BCUT2D eigenvalue weighted by Gasteiger charge is 2.24. The molecular formula is C27H29N5O4S. The van der Waals surface area contributed by atoms with Crippen molar-refractivity contribution in [2.75, 3.05) is 21.5 Å². The minimum absolute atomic E-state index is 0.0667. The molecular weight excluding hydrogens is 490 g/mol. The van der Waals surface area contributed by atoms with E-state index in [0.29, 0.717) is 29.9 Å². The molecule has 1 aliphatic heterocycles. The van der Waals surface area contributed by atoms with Crippen LogP contribution in [0, 0.1) is 5.41 Å². The molecule has 192 valence electrons. The molecule has 37 heavy (non-hydrogen) atoms. The van der Waals surface area contributed by atoms with Crippen molar-refractivity contribution in [1.82, 2.24) is 0 Å². The van der Waals surface area contributed by atoms with Gasteiger partial charge < -0.3 is 16.0 Å². The number of nitrogen functional groups attached to an aromatic ring is 1. The number of anilines is 3. The summed E-state index contributed by atoms with van der Waals surface area (Å²) in [5.41, 5.74) is 9.49. The first-order chi connectivity index (χ1) is 17.6. The molecule has 10 heteroatoms. The average Bonchev–Trinajstić information content (AvgIpc) is 2.87. The number of benzene rings is 3. The molecule has 0 aromatic heterocycles. The van der Waals surface area contributed by atoms with Crippen LogP contribution in [-0.4, -0.2) is 32.6 Å². The minimum Gasteiger partial charge on any atom is -0.384 e. The second kappa shape index (κ2) is 10.8. The predicted molar refractivity (Wildman–Crippen MR) is 144 cm³/mol. The first-order valence-corrected chi connectivity index (χ1v) is 13.4. The maximum atomic E-state index is 13.2. The van der Waals surface area contributed by atoms with E-state index >= 15 is 0 Å². The van der Waals surface area contributed by atoms with Crippen molar-refractivity contribution in [1.29, 1.82) is 5.41 Å². The van der Waals surface area contributed by atoms with Crippen LogP contribution in [0.25, 0.3) is 0 Å². The Morgan fingerprint density at radius 3 is 2.51 bits per heavy atom. The van der Waals surface area contributed by atoms with Gasteiger partial charge in [-0.15, -0.1) is 0 Å². The van der Waals surface area contributed by atoms with Gasteiger partial charge >= 0.3 is 0 Å². The van der Waals surface area contributed by atoms with E-state index in [4.69, 9.17) is 11.1 Å². The standard InChI is InChI=1S/C27H29N5O4S/c1-18(33)30-24-17-21(27(28)29)10-9-19(24)11-14-26(34)32-15-5-6-20-16-22(12-13-25(20)32)31-37(35,36)23-7-3-2-4-8-23/h2-4,7-10,12-13,16-17,31H,5-6,11,14-15H2,1H3,(H3,28,29)(H,30,33). The summed E-state index contributed by atoms with van der Waals surface area (Å²) in [5.74, 6) is -0.426. The zero-order valence-electron chi connectivity index (χ0n) is 20.5. The van der Waals surface area contributed by atoms with Gasteiger partial charge in [-0.1, -0.05) is 30.3 Å². The number of sulfonamides is 1. The van der Waals surface area contributed by atoms with Crippen LogP contribution in [0.4, 0.5) is 17.1 Å². The summed E-state index contributed by atoms with van der Waals surface area (Å²) in [6.45, 7) is 1.97. The molecule has 0 spiro atoms. The van der Waals surface area contributed by atoms with E-state index in [2.05, 4.69) is 10.0 Å². The molecule has 0 unspecified atom stereocenters. The summed E-state index contributed by atoms with van der Waals surface area (Å²) >= 11 is 0.